The molecule has 1 N–H and O–H groups in total. The van der Waals surface area contributed by atoms with Gasteiger partial charge < -0.3 is 9.80 Å². The van der Waals surface area contributed by atoms with Gasteiger partial charge in [-0.1, -0.05) is 48.5 Å². The topological polar surface area (TPSA) is 55.9 Å². The number of amides is 2. The van der Waals surface area contributed by atoms with Crippen molar-refractivity contribution in [3.05, 3.63) is 72.3 Å². The Morgan fingerprint density at radius 1 is 0.793 bits per heavy atom. The summed E-state index contributed by atoms with van der Waals surface area (Å²) in [7, 11) is 0. The van der Waals surface area contributed by atoms with E-state index < -0.39 is 0 Å². The Hall–Kier alpha value is -3.28. The van der Waals surface area contributed by atoms with Crippen LogP contribution in [0.25, 0.3) is 5.70 Å². The van der Waals surface area contributed by atoms with Gasteiger partial charge in [0, 0.05) is 44.7 Å². The van der Waals surface area contributed by atoms with Gasteiger partial charge in [-0.2, -0.15) is 0 Å². The summed E-state index contributed by atoms with van der Waals surface area (Å²) in [6.07, 6.45) is 2.47. The molecular weight excluding hydrogens is 364 g/mol. The van der Waals surface area contributed by atoms with E-state index in [4.69, 9.17) is 0 Å². The number of carbonyl (C=O) groups excluding carboxylic acids is 2. The van der Waals surface area contributed by atoms with Crippen LogP contribution in [0.2, 0.25) is 0 Å². The van der Waals surface area contributed by atoms with E-state index in [9.17, 15) is 9.59 Å². The molecule has 0 bridgehead atoms. The minimum Gasteiger partial charge on any atom is -0.368 e. The molecule has 29 heavy (non-hydrogen) atoms. The fourth-order valence-electron chi connectivity index (χ4n) is 3.74. The van der Waals surface area contributed by atoms with Crippen molar-refractivity contribution in [2.24, 2.45) is 0 Å². The Morgan fingerprint density at radius 2 is 1.41 bits per heavy atom. The zero-order chi connectivity index (χ0) is 20.1. The van der Waals surface area contributed by atoms with Crippen molar-refractivity contribution in [1.29, 1.82) is 0 Å². The highest BCUT2D eigenvalue weighted by atomic mass is 16.2. The number of para-hydroxylation sites is 1. The number of anilines is 1. The normalized spacial score (nSPS) is 16.4. The molecule has 0 aromatic heterocycles. The maximum atomic E-state index is 12.5. The number of hydrazine groups is 1. The third-order valence-corrected chi connectivity index (χ3v) is 5.43. The highest BCUT2D eigenvalue weighted by Crippen LogP contribution is 2.18. The second-order valence-corrected chi connectivity index (χ2v) is 7.30. The summed E-state index contributed by atoms with van der Waals surface area (Å²) >= 11 is 0. The molecule has 2 aliphatic rings. The standard InChI is InChI=1S/C23H26N4O2/c28-22(26-17-15-25(16-18-26)20-9-5-2-6-10-20)11-12-23(29)27-14-13-21(24-27)19-7-3-1-4-8-19/h1-10,13,24H,11-12,14-18H2. The average Bonchev–Trinajstić information content (AvgIpc) is 3.29. The van der Waals surface area contributed by atoms with Crippen LogP contribution in [0, 0.1) is 0 Å². The number of nitrogens with one attached hydrogen (secondary N) is 1. The molecule has 6 heteroatoms. The minimum atomic E-state index is -0.0524. The third-order valence-electron chi connectivity index (χ3n) is 5.43. The summed E-state index contributed by atoms with van der Waals surface area (Å²) < 4.78 is 0. The lowest BCUT2D eigenvalue weighted by molar-refractivity contribution is -0.137. The van der Waals surface area contributed by atoms with Crippen LogP contribution in [-0.2, 0) is 9.59 Å². The van der Waals surface area contributed by atoms with Crippen LogP contribution in [0.5, 0.6) is 0 Å². The molecule has 2 heterocycles. The summed E-state index contributed by atoms with van der Waals surface area (Å²) in [5, 5.41) is 1.59. The van der Waals surface area contributed by atoms with E-state index in [1.54, 1.807) is 5.01 Å². The average molecular weight is 390 g/mol. The molecule has 2 aromatic rings. The van der Waals surface area contributed by atoms with Crippen molar-refractivity contribution in [2.75, 3.05) is 37.6 Å². The number of nitrogens with zero attached hydrogens (tertiary/aromatic N) is 3. The van der Waals surface area contributed by atoms with Crippen LogP contribution in [0.3, 0.4) is 0 Å². The Morgan fingerprint density at radius 3 is 2.10 bits per heavy atom. The monoisotopic (exact) mass is 390 g/mol. The number of hydrogen-bond donors (Lipinski definition) is 1. The number of carbonyl (C=O) groups is 2. The fraction of sp³-hybridized carbons (Fsp3) is 0.304. The first-order valence-corrected chi connectivity index (χ1v) is 10.1. The molecule has 1 saturated heterocycles. The van der Waals surface area contributed by atoms with E-state index in [2.05, 4.69) is 22.5 Å². The van der Waals surface area contributed by atoms with Gasteiger partial charge in [0.15, 0.2) is 0 Å². The van der Waals surface area contributed by atoms with Crippen molar-refractivity contribution in [2.45, 2.75) is 12.8 Å². The van der Waals surface area contributed by atoms with Crippen LogP contribution in [0.15, 0.2) is 66.7 Å². The zero-order valence-electron chi connectivity index (χ0n) is 16.5. The van der Waals surface area contributed by atoms with Gasteiger partial charge in [0.25, 0.3) is 0 Å². The lowest BCUT2D eigenvalue weighted by Crippen LogP contribution is -2.49. The van der Waals surface area contributed by atoms with Crippen LogP contribution in [0.1, 0.15) is 18.4 Å². The van der Waals surface area contributed by atoms with Crippen LogP contribution < -0.4 is 10.3 Å². The maximum absolute atomic E-state index is 12.5. The molecule has 2 aliphatic heterocycles. The molecule has 6 nitrogen and oxygen atoms in total. The summed E-state index contributed by atoms with van der Waals surface area (Å²) in [6, 6.07) is 20.2. The fourth-order valence-corrected chi connectivity index (χ4v) is 3.74. The molecule has 1 fully saturated rings. The molecule has 2 aromatic carbocycles. The van der Waals surface area contributed by atoms with Crippen molar-refractivity contribution in [3.63, 3.8) is 0 Å². The molecular formula is C23H26N4O2. The van der Waals surface area contributed by atoms with E-state index in [0.29, 0.717) is 19.6 Å². The molecule has 0 spiro atoms. The number of benzene rings is 2. The van der Waals surface area contributed by atoms with E-state index >= 15 is 0 Å². The second-order valence-electron chi connectivity index (χ2n) is 7.30. The van der Waals surface area contributed by atoms with Crippen molar-refractivity contribution in [1.82, 2.24) is 15.3 Å². The van der Waals surface area contributed by atoms with E-state index in [1.165, 1.54) is 5.69 Å². The van der Waals surface area contributed by atoms with E-state index in [1.807, 2.05) is 59.5 Å². The van der Waals surface area contributed by atoms with Gasteiger partial charge in [-0.25, -0.2) is 0 Å². The molecule has 2 amide bonds. The Bertz CT molecular complexity index is 874. The van der Waals surface area contributed by atoms with Crippen molar-refractivity contribution >= 4 is 23.2 Å². The highest BCUT2D eigenvalue weighted by Gasteiger charge is 2.24. The summed E-state index contributed by atoms with van der Waals surface area (Å²) in [4.78, 5) is 29.2. The summed E-state index contributed by atoms with van der Waals surface area (Å²) in [6.45, 7) is 3.56. The molecule has 150 valence electrons. The van der Waals surface area contributed by atoms with Crippen LogP contribution >= 0.6 is 0 Å². The number of hydrogen-bond acceptors (Lipinski definition) is 4. The van der Waals surface area contributed by atoms with Gasteiger partial charge in [-0.05, 0) is 23.8 Å². The minimum absolute atomic E-state index is 0.0524. The van der Waals surface area contributed by atoms with Crippen molar-refractivity contribution < 1.29 is 9.59 Å². The number of piperazine rings is 1. The van der Waals surface area contributed by atoms with Gasteiger partial charge >= 0.3 is 0 Å². The molecule has 0 radical (unpaired) electrons. The Labute approximate surface area is 171 Å². The van der Waals surface area contributed by atoms with Gasteiger partial charge in [-0.3, -0.25) is 20.0 Å². The molecule has 0 aliphatic carbocycles. The first-order chi connectivity index (χ1) is 14.2. The predicted molar refractivity (Wildman–Crippen MR) is 114 cm³/mol. The quantitative estimate of drug-likeness (QED) is 0.852. The van der Waals surface area contributed by atoms with Crippen LogP contribution in [0.4, 0.5) is 5.69 Å². The molecule has 0 saturated carbocycles. The Balaban J connectivity index is 1.21. The second kappa shape index (κ2) is 8.82. The molecule has 4 rings (SSSR count). The van der Waals surface area contributed by atoms with Gasteiger partial charge in [0.1, 0.15) is 0 Å². The van der Waals surface area contributed by atoms with E-state index in [0.717, 1.165) is 24.4 Å². The lowest BCUT2D eigenvalue weighted by atomic mass is 10.2. The third kappa shape index (κ3) is 4.59. The summed E-state index contributed by atoms with van der Waals surface area (Å²) in [5.41, 5.74) is 6.32. The molecule has 0 unspecified atom stereocenters. The SMILES string of the molecule is O=C(CCC(=O)N1CC=C(c2ccccc2)N1)N1CCN(c2ccccc2)CC1. The Kier molecular flexibility index (Phi) is 5.79. The summed E-state index contributed by atoms with van der Waals surface area (Å²) in [5.74, 6) is 0.00459. The first kappa shape index (κ1) is 19.1. The van der Waals surface area contributed by atoms with Gasteiger partial charge in [0.2, 0.25) is 11.8 Å². The van der Waals surface area contributed by atoms with Gasteiger partial charge in [0.05, 0.1) is 12.2 Å². The highest BCUT2D eigenvalue weighted by molar-refractivity contribution is 5.85. The zero-order valence-corrected chi connectivity index (χ0v) is 16.5. The smallest absolute Gasteiger partial charge is 0.241 e. The lowest BCUT2D eigenvalue weighted by Gasteiger charge is -2.36. The predicted octanol–water partition coefficient (Wildman–Crippen LogP) is 2.50. The largest absolute Gasteiger partial charge is 0.368 e. The van der Waals surface area contributed by atoms with Gasteiger partial charge in [-0.15, -0.1) is 0 Å². The van der Waals surface area contributed by atoms with Crippen molar-refractivity contribution in [3.8, 4) is 0 Å². The van der Waals surface area contributed by atoms with E-state index in [-0.39, 0.29) is 24.7 Å². The number of rotatable bonds is 5. The molecule has 0 atom stereocenters. The maximum Gasteiger partial charge on any atom is 0.241 e. The first-order valence-electron chi connectivity index (χ1n) is 10.1. The van der Waals surface area contributed by atoms with Crippen LogP contribution in [-0.4, -0.2) is 54.4 Å².